The van der Waals surface area contributed by atoms with Crippen molar-refractivity contribution in [2.24, 2.45) is 5.92 Å². The average molecular weight is 275 g/mol. The molecule has 1 fully saturated rings. The molecule has 1 aromatic heterocycles. The Morgan fingerprint density at radius 1 is 1.26 bits per heavy atom. The Hall–Kier alpha value is -1.33. The second-order valence-electron chi connectivity index (χ2n) is 4.76. The highest BCUT2D eigenvalue weighted by Gasteiger charge is 2.15. The molecule has 1 aliphatic heterocycles. The predicted octanol–water partition coefficient (Wildman–Crippen LogP) is 2.83. The van der Waals surface area contributed by atoms with Gasteiger partial charge in [0, 0.05) is 11.3 Å². The number of aromatic nitrogens is 2. The van der Waals surface area contributed by atoms with E-state index in [4.69, 9.17) is 4.42 Å². The van der Waals surface area contributed by atoms with Gasteiger partial charge in [-0.2, -0.15) is 0 Å². The Labute approximate surface area is 117 Å². The first-order valence-corrected chi connectivity index (χ1v) is 7.63. The molecule has 1 atom stereocenters. The molecule has 4 nitrogen and oxygen atoms in total. The number of rotatable bonds is 4. The van der Waals surface area contributed by atoms with Gasteiger partial charge in [0.1, 0.15) is 0 Å². The van der Waals surface area contributed by atoms with Gasteiger partial charge in [0.2, 0.25) is 5.89 Å². The molecule has 0 unspecified atom stereocenters. The first kappa shape index (κ1) is 12.7. The molecule has 1 aliphatic rings. The van der Waals surface area contributed by atoms with E-state index in [1.165, 1.54) is 12.8 Å². The van der Waals surface area contributed by atoms with Crippen LogP contribution in [-0.4, -0.2) is 29.0 Å². The number of piperidine rings is 1. The van der Waals surface area contributed by atoms with Gasteiger partial charge in [-0.05, 0) is 44.0 Å². The first-order chi connectivity index (χ1) is 9.42. The molecule has 19 heavy (non-hydrogen) atoms. The van der Waals surface area contributed by atoms with Crippen LogP contribution in [0.2, 0.25) is 0 Å². The van der Waals surface area contributed by atoms with Crippen molar-refractivity contribution < 1.29 is 4.42 Å². The largest absolute Gasteiger partial charge is 0.411 e. The summed E-state index contributed by atoms with van der Waals surface area (Å²) in [7, 11) is 0. The molecular weight excluding hydrogens is 258 g/mol. The molecule has 100 valence electrons. The normalized spacial score (nSPS) is 19.5. The summed E-state index contributed by atoms with van der Waals surface area (Å²) in [6, 6.07) is 9.88. The quantitative estimate of drug-likeness (QED) is 0.870. The SMILES string of the molecule is c1ccc(-c2nnc(SC[C@H]3CCCNC3)o2)cc1. The van der Waals surface area contributed by atoms with Crippen LogP contribution in [0.25, 0.3) is 11.5 Å². The molecule has 0 amide bonds. The van der Waals surface area contributed by atoms with E-state index in [1.54, 1.807) is 11.8 Å². The number of benzene rings is 1. The van der Waals surface area contributed by atoms with Crippen LogP contribution < -0.4 is 5.32 Å². The number of hydrogen-bond donors (Lipinski definition) is 1. The number of thioether (sulfide) groups is 1. The van der Waals surface area contributed by atoms with Crippen molar-refractivity contribution in [1.82, 2.24) is 15.5 Å². The maximum absolute atomic E-state index is 5.68. The fourth-order valence-electron chi connectivity index (χ4n) is 2.22. The fraction of sp³-hybridized carbons (Fsp3) is 0.429. The molecular formula is C14H17N3OS. The number of nitrogens with one attached hydrogen (secondary N) is 1. The average Bonchev–Trinajstić information content (AvgIpc) is 2.96. The van der Waals surface area contributed by atoms with Crippen LogP contribution in [-0.2, 0) is 0 Å². The van der Waals surface area contributed by atoms with E-state index in [1.807, 2.05) is 30.3 Å². The monoisotopic (exact) mass is 275 g/mol. The van der Waals surface area contributed by atoms with Gasteiger partial charge in [0.15, 0.2) is 0 Å². The highest BCUT2D eigenvalue weighted by atomic mass is 32.2. The van der Waals surface area contributed by atoms with Crippen LogP contribution in [0, 0.1) is 5.92 Å². The second-order valence-corrected chi connectivity index (χ2v) is 5.73. The van der Waals surface area contributed by atoms with E-state index < -0.39 is 0 Å². The van der Waals surface area contributed by atoms with Crippen molar-refractivity contribution in [3.05, 3.63) is 30.3 Å². The van der Waals surface area contributed by atoms with Gasteiger partial charge in [-0.15, -0.1) is 10.2 Å². The smallest absolute Gasteiger partial charge is 0.276 e. The van der Waals surface area contributed by atoms with Crippen molar-refractivity contribution >= 4 is 11.8 Å². The lowest BCUT2D eigenvalue weighted by atomic mass is 10.0. The Kier molecular flexibility index (Phi) is 4.15. The summed E-state index contributed by atoms with van der Waals surface area (Å²) in [4.78, 5) is 0. The van der Waals surface area contributed by atoms with Gasteiger partial charge in [-0.3, -0.25) is 0 Å². The second kappa shape index (κ2) is 6.21. The summed E-state index contributed by atoms with van der Waals surface area (Å²) in [6.45, 7) is 2.26. The highest BCUT2D eigenvalue weighted by Crippen LogP contribution is 2.25. The van der Waals surface area contributed by atoms with E-state index in [0.29, 0.717) is 17.0 Å². The molecule has 0 spiro atoms. The molecule has 0 bridgehead atoms. The van der Waals surface area contributed by atoms with Crippen LogP contribution in [0.15, 0.2) is 40.0 Å². The van der Waals surface area contributed by atoms with E-state index in [2.05, 4.69) is 15.5 Å². The van der Waals surface area contributed by atoms with Gasteiger partial charge in [-0.25, -0.2) is 0 Å². The van der Waals surface area contributed by atoms with Gasteiger partial charge < -0.3 is 9.73 Å². The topological polar surface area (TPSA) is 51.0 Å². The summed E-state index contributed by atoms with van der Waals surface area (Å²) >= 11 is 1.66. The summed E-state index contributed by atoms with van der Waals surface area (Å²) in [5.74, 6) is 2.36. The van der Waals surface area contributed by atoms with Crippen LogP contribution in [0.1, 0.15) is 12.8 Å². The lowest BCUT2D eigenvalue weighted by Gasteiger charge is -2.21. The third-order valence-electron chi connectivity index (χ3n) is 3.27. The summed E-state index contributed by atoms with van der Waals surface area (Å²) < 4.78 is 5.68. The standard InChI is InChI=1S/C14H17N3OS/c1-2-6-12(7-3-1)13-16-17-14(18-13)19-10-11-5-4-8-15-9-11/h1-3,6-7,11,15H,4-5,8-10H2/t11-/m0/s1. The first-order valence-electron chi connectivity index (χ1n) is 6.64. The maximum Gasteiger partial charge on any atom is 0.276 e. The third kappa shape index (κ3) is 3.36. The number of hydrogen-bond acceptors (Lipinski definition) is 5. The maximum atomic E-state index is 5.68. The lowest BCUT2D eigenvalue weighted by molar-refractivity contribution is 0.408. The van der Waals surface area contributed by atoms with Crippen molar-refractivity contribution in [1.29, 1.82) is 0 Å². The van der Waals surface area contributed by atoms with Crippen LogP contribution >= 0.6 is 11.8 Å². The minimum Gasteiger partial charge on any atom is -0.411 e. The molecule has 1 N–H and O–H groups in total. The van der Waals surface area contributed by atoms with Crippen LogP contribution in [0.4, 0.5) is 0 Å². The Bertz CT molecular complexity index is 508. The summed E-state index contributed by atoms with van der Waals surface area (Å²) in [5, 5.41) is 12.3. The van der Waals surface area contributed by atoms with Crippen LogP contribution in [0.3, 0.4) is 0 Å². The van der Waals surface area contributed by atoms with Gasteiger partial charge >= 0.3 is 0 Å². The molecule has 2 aromatic rings. The predicted molar refractivity (Wildman–Crippen MR) is 76.1 cm³/mol. The molecule has 0 saturated carbocycles. The van der Waals surface area contributed by atoms with E-state index in [-0.39, 0.29) is 0 Å². The van der Waals surface area contributed by atoms with Crippen molar-refractivity contribution in [2.75, 3.05) is 18.8 Å². The molecule has 3 rings (SSSR count). The Morgan fingerprint density at radius 2 is 2.16 bits per heavy atom. The Balaban J connectivity index is 1.59. The zero-order valence-electron chi connectivity index (χ0n) is 10.7. The molecule has 1 saturated heterocycles. The molecule has 1 aromatic carbocycles. The van der Waals surface area contributed by atoms with Crippen LogP contribution in [0.5, 0.6) is 0 Å². The molecule has 0 radical (unpaired) electrons. The van der Waals surface area contributed by atoms with Gasteiger partial charge in [0.05, 0.1) is 0 Å². The van der Waals surface area contributed by atoms with Crippen molar-refractivity contribution in [3.8, 4) is 11.5 Å². The molecule has 5 heteroatoms. The van der Waals surface area contributed by atoms with Gasteiger partial charge in [-0.1, -0.05) is 30.0 Å². The highest BCUT2D eigenvalue weighted by molar-refractivity contribution is 7.99. The van der Waals surface area contributed by atoms with E-state index in [9.17, 15) is 0 Å². The summed E-state index contributed by atoms with van der Waals surface area (Å²) in [6.07, 6.45) is 2.56. The zero-order valence-corrected chi connectivity index (χ0v) is 11.5. The van der Waals surface area contributed by atoms with E-state index in [0.717, 1.165) is 24.4 Å². The molecule has 0 aliphatic carbocycles. The minimum atomic E-state index is 0.602. The van der Waals surface area contributed by atoms with Crippen molar-refractivity contribution in [2.45, 2.75) is 18.1 Å². The lowest BCUT2D eigenvalue weighted by Crippen LogP contribution is -2.30. The minimum absolute atomic E-state index is 0.602. The Morgan fingerprint density at radius 3 is 2.95 bits per heavy atom. The van der Waals surface area contributed by atoms with E-state index >= 15 is 0 Å². The number of nitrogens with zero attached hydrogens (tertiary/aromatic N) is 2. The summed E-state index contributed by atoms with van der Waals surface area (Å²) in [5.41, 5.74) is 0.973. The molecule has 2 heterocycles. The zero-order chi connectivity index (χ0) is 12.9. The van der Waals surface area contributed by atoms with Crippen molar-refractivity contribution in [3.63, 3.8) is 0 Å². The fourth-order valence-corrected chi connectivity index (χ4v) is 3.12. The third-order valence-corrected chi connectivity index (χ3v) is 4.32. The van der Waals surface area contributed by atoms with Gasteiger partial charge in [0.25, 0.3) is 5.22 Å².